The summed E-state index contributed by atoms with van der Waals surface area (Å²) < 4.78 is 5.73. The molecular formula is C23H36IN5OS. The van der Waals surface area contributed by atoms with Gasteiger partial charge >= 0.3 is 0 Å². The van der Waals surface area contributed by atoms with Gasteiger partial charge in [0.25, 0.3) is 0 Å². The molecule has 2 aromatic rings. The highest BCUT2D eigenvalue weighted by atomic mass is 127. The third-order valence-electron chi connectivity index (χ3n) is 5.40. The zero-order chi connectivity index (χ0) is 21.0. The first-order valence-electron chi connectivity index (χ1n) is 11.0. The van der Waals surface area contributed by atoms with Crippen molar-refractivity contribution in [3.8, 4) is 5.75 Å². The minimum Gasteiger partial charge on any atom is -0.494 e. The molecule has 1 aromatic carbocycles. The summed E-state index contributed by atoms with van der Waals surface area (Å²) in [4.78, 5) is 11.6. The molecule has 1 aliphatic heterocycles. The number of guanidine groups is 1. The third kappa shape index (κ3) is 9.33. The van der Waals surface area contributed by atoms with E-state index in [0.717, 1.165) is 57.3 Å². The fourth-order valence-corrected chi connectivity index (χ4v) is 4.34. The second-order valence-electron chi connectivity index (χ2n) is 7.70. The van der Waals surface area contributed by atoms with Crippen molar-refractivity contribution in [3.05, 3.63) is 46.4 Å². The number of thiazole rings is 1. The number of hydrogen-bond donors (Lipinski definition) is 2. The molecule has 0 bridgehead atoms. The second-order valence-corrected chi connectivity index (χ2v) is 8.64. The second kappa shape index (κ2) is 14.6. The highest BCUT2D eigenvalue weighted by molar-refractivity contribution is 14.0. The standard InChI is InChI=1S/C23H35N5OS.HI/c1-3-22-27-20(18-30-22)17-28-13-10-19(11-14-28)16-26-23(24-2)25-12-7-15-29-21-8-5-4-6-9-21;/h4-6,8-9,18-19H,3,7,10-17H2,1-2H3,(H2,24,25,26);1H. The quantitative estimate of drug-likeness (QED) is 0.199. The lowest BCUT2D eigenvalue weighted by Gasteiger charge is -2.31. The highest BCUT2D eigenvalue weighted by Crippen LogP contribution is 2.19. The smallest absolute Gasteiger partial charge is 0.190 e. The lowest BCUT2D eigenvalue weighted by Crippen LogP contribution is -2.43. The predicted octanol–water partition coefficient (Wildman–Crippen LogP) is 4.17. The van der Waals surface area contributed by atoms with Gasteiger partial charge in [0.15, 0.2) is 5.96 Å². The number of hydrogen-bond acceptors (Lipinski definition) is 5. The number of para-hydroxylation sites is 1. The molecule has 0 saturated carbocycles. The Kier molecular flexibility index (Phi) is 12.2. The average Bonchev–Trinajstić information content (AvgIpc) is 3.25. The zero-order valence-corrected chi connectivity index (χ0v) is 21.8. The van der Waals surface area contributed by atoms with Crippen LogP contribution in [-0.4, -0.2) is 55.7 Å². The molecule has 2 heterocycles. The van der Waals surface area contributed by atoms with Gasteiger partial charge in [-0.1, -0.05) is 25.1 Å². The van der Waals surface area contributed by atoms with Gasteiger partial charge < -0.3 is 15.4 Å². The molecule has 0 unspecified atom stereocenters. The first kappa shape index (κ1) is 25.9. The molecule has 0 radical (unpaired) electrons. The van der Waals surface area contributed by atoms with Gasteiger partial charge in [0, 0.05) is 32.1 Å². The Bertz CT molecular complexity index is 762. The monoisotopic (exact) mass is 557 g/mol. The van der Waals surface area contributed by atoms with Crippen LogP contribution in [0.1, 0.15) is 36.9 Å². The number of nitrogens with one attached hydrogen (secondary N) is 2. The number of rotatable bonds is 10. The van der Waals surface area contributed by atoms with Crippen LogP contribution in [0.25, 0.3) is 0 Å². The summed E-state index contributed by atoms with van der Waals surface area (Å²) in [6, 6.07) is 9.95. The maximum atomic E-state index is 5.73. The molecule has 8 heteroatoms. The summed E-state index contributed by atoms with van der Waals surface area (Å²) in [5.41, 5.74) is 1.23. The maximum absolute atomic E-state index is 5.73. The highest BCUT2D eigenvalue weighted by Gasteiger charge is 2.20. The first-order valence-corrected chi connectivity index (χ1v) is 11.9. The van der Waals surface area contributed by atoms with E-state index >= 15 is 0 Å². The van der Waals surface area contributed by atoms with Crippen LogP contribution in [0.3, 0.4) is 0 Å². The van der Waals surface area contributed by atoms with Gasteiger partial charge in [0.1, 0.15) is 5.75 Å². The SMILES string of the molecule is CCc1nc(CN2CCC(CNC(=NC)NCCCOc3ccccc3)CC2)cs1.I. The number of aryl methyl sites for hydroxylation is 1. The molecular weight excluding hydrogens is 521 g/mol. The Morgan fingerprint density at radius 3 is 2.68 bits per heavy atom. The minimum atomic E-state index is 0. The van der Waals surface area contributed by atoms with E-state index in [4.69, 9.17) is 9.72 Å². The van der Waals surface area contributed by atoms with Crippen LogP contribution in [0, 0.1) is 5.92 Å². The van der Waals surface area contributed by atoms with Gasteiger partial charge in [-0.05, 0) is 56.8 Å². The molecule has 31 heavy (non-hydrogen) atoms. The van der Waals surface area contributed by atoms with Crippen LogP contribution in [0.4, 0.5) is 0 Å². The van der Waals surface area contributed by atoms with Gasteiger partial charge in [0.2, 0.25) is 0 Å². The van der Waals surface area contributed by atoms with Gasteiger partial charge in [-0.3, -0.25) is 9.89 Å². The third-order valence-corrected chi connectivity index (χ3v) is 6.44. The number of likely N-dealkylation sites (tertiary alicyclic amines) is 1. The van der Waals surface area contributed by atoms with E-state index in [1.54, 1.807) is 11.3 Å². The van der Waals surface area contributed by atoms with Crippen LogP contribution in [0.2, 0.25) is 0 Å². The summed E-state index contributed by atoms with van der Waals surface area (Å²) >= 11 is 1.78. The molecule has 1 aliphatic rings. The van der Waals surface area contributed by atoms with Gasteiger partial charge in [-0.2, -0.15) is 0 Å². The van der Waals surface area contributed by atoms with Crippen molar-refractivity contribution in [2.75, 3.05) is 39.8 Å². The fourth-order valence-electron chi connectivity index (χ4n) is 3.61. The van der Waals surface area contributed by atoms with Crippen molar-refractivity contribution in [1.82, 2.24) is 20.5 Å². The Balaban J connectivity index is 0.00000341. The van der Waals surface area contributed by atoms with E-state index in [2.05, 4.69) is 32.8 Å². The normalized spacial score (nSPS) is 15.4. The molecule has 1 aromatic heterocycles. The van der Waals surface area contributed by atoms with E-state index in [-0.39, 0.29) is 24.0 Å². The van der Waals surface area contributed by atoms with Crippen molar-refractivity contribution < 1.29 is 4.74 Å². The summed E-state index contributed by atoms with van der Waals surface area (Å²) in [6.07, 6.45) is 4.41. The number of nitrogens with zero attached hydrogens (tertiary/aromatic N) is 3. The lowest BCUT2D eigenvalue weighted by atomic mass is 9.97. The largest absolute Gasteiger partial charge is 0.494 e. The molecule has 2 N–H and O–H groups in total. The van der Waals surface area contributed by atoms with Crippen molar-refractivity contribution in [1.29, 1.82) is 0 Å². The molecule has 172 valence electrons. The Hall–Kier alpha value is -1.39. The summed E-state index contributed by atoms with van der Waals surface area (Å²) in [7, 11) is 1.83. The average molecular weight is 558 g/mol. The Labute approximate surface area is 207 Å². The molecule has 6 nitrogen and oxygen atoms in total. The van der Waals surface area contributed by atoms with E-state index in [1.807, 2.05) is 37.4 Å². The predicted molar refractivity (Wildman–Crippen MR) is 141 cm³/mol. The van der Waals surface area contributed by atoms with Gasteiger partial charge in [0.05, 0.1) is 17.3 Å². The summed E-state index contributed by atoms with van der Waals surface area (Å²) in [5, 5.41) is 10.3. The van der Waals surface area contributed by atoms with Crippen LogP contribution < -0.4 is 15.4 Å². The number of piperidine rings is 1. The van der Waals surface area contributed by atoms with Crippen molar-refractivity contribution in [2.24, 2.45) is 10.9 Å². The first-order chi connectivity index (χ1) is 14.8. The number of aromatic nitrogens is 1. The van der Waals surface area contributed by atoms with Gasteiger partial charge in [-0.25, -0.2) is 4.98 Å². The number of ether oxygens (including phenoxy) is 1. The van der Waals surface area contributed by atoms with E-state index < -0.39 is 0 Å². The molecule has 0 aliphatic carbocycles. The van der Waals surface area contributed by atoms with Crippen LogP contribution in [0.15, 0.2) is 40.7 Å². The Morgan fingerprint density at radius 2 is 2.00 bits per heavy atom. The minimum absolute atomic E-state index is 0. The van der Waals surface area contributed by atoms with Crippen LogP contribution in [0.5, 0.6) is 5.75 Å². The van der Waals surface area contributed by atoms with Crippen LogP contribution >= 0.6 is 35.3 Å². The summed E-state index contributed by atoms with van der Waals surface area (Å²) in [6.45, 7) is 7.98. The van der Waals surface area contributed by atoms with Crippen molar-refractivity contribution in [3.63, 3.8) is 0 Å². The number of benzene rings is 1. The van der Waals surface area contributed by atoms with E-state index in [1.165, 1.54) is 23.5 Å². The van der Waals surface area contributed by atoms with E-state index in [9.17, 15) is 0 Å². The Morgan fingerprint density at radius 1 is 1.23 bits per heavy atom. The van der Waals surface area contributed by atoms with Crippen molar-refractivity contribution in [2.45, 2.75) is 39.2 Å². The topological polar surface area (TPSA) is 61.8 Å². The lowest BCUT2D eigenvalue weighted by molar-refractivity contribution is 0.176. The fraction of sp³-hybridized carbons (Fsp3) is 0.565. The summed E-state index contributed by atoms with van der Waals surface area (Å²) in [5.74, 6) is 2.50. The molecule has 3 rings (SSSR count). The molecule has 0 atom stereocenters. The van der Waals surface area contributed by atoms with Gasteiger partial charge in [-0.15, -0.1) is 35.3 Å². The van der Waals surface area contributed by atoms with Crippen molar-refractivity contribution >= 4 is 41.3 Å². The van der Waals surface area contributed by atoms with E-state index in [0.29, 0.717) is 12.5 Å². The number of halogens is 1. The molecule has 0 amide bonds. The molecule has 1 fully saturated rings. The number of aliphatic imine (C=N–C) groups is 1. The molecule has 0 spiro atoms. The molecule has 1 saturated heterocycles. The van der Waals surface area contributed by atoms with Crippen LogP contribution in [-0.2, 0) is 13.0 Å². The maximum Gasteiger partial charge on any atom is 0.190 e. The zero-order valence-electron chi connectivity index (χ0n) is 18.7.